The average molecular weight is 341 g/mol. The van der Waals surface area contributed by atoms with Gasteiger partial charge in [-0.15, -0.1) is 0 Å². The van der Waals surface area contributed by atoms with Crippen LogP contribution in [0.2, 0.25) is 0 Å². The van der Waals surface area contributed by atoms with Crippen molar-refractivity contribution in [3.05, 3.63) is 76.5 Å². The van der Waals surface area contributed by atoms with E-state index in [2.05, 4.69) is 88.4 Å². The predicted octanol–water partition coefficient (Wildman–Crippen LogP) is 7.13. The summed E-state index contributed by atoms with van der Waals surface area (Å²) in [6, 6.07) is 20.3. The molecule has 0 saturated heterocycles. The molecule has 132 valence electrons. The number of benzene rings is 4. The zero-order valence-electron chi connectivity index (χ0n) is 16.8. The monoisotopic (exact) mass is 340 g/mol. The fourth-order valence-electron chi connectivity index (χ4n) is 3.94. The second-order valence-corrected chi connectivity index (χ2v) is 6.78. The van der Waals surface area contributed by atoms with Crippen molar-refractivity contribution in [3.8, 4) is 11.1 Å². The van der Waals surface area contributed by atoms with Crippen LogP contribution in [0, 0.1) is 20.8 Å². The van der Waals surface area contributed by atoms with Gasteiger partial charge in [-0.25, -0.2) is 0 Å². The van der Waals surface area contributed by atoms with Crippen LogP contribution >= 0.6 is 0 Å². The van der Waals surface area contributed by atoms with Gasteiger partial charge in [0.1, 0.15) is 0 Å². The van der Waals surface area contributed by atoms with Crippen LogP contribution in [0.1, 0.15) is 37.5 Å². The lowest BCUT2D eigenvalue weighted by atomic mass is 9.89. The minimum Gasteiger partial charge on any atom is -0.0798 e. The van der Waals surface area contributed by atoms with E-state index < -0.39 is 0 Å². The molecular formula is C26H28. The van der Waals surface area contributed by atoms with Gasteiger partial charge in [-0.1, -0.05) is 80.1 Å². The van der Waals surface area contributed by atoms with Gasteiger partial charge >= 0.3 is 0 Å². The largest absolute Gasteiger partial charge is 0.0798 e. The van der Waals surface area contributed by atoms with Crippen molar-refractivity contribution in [3.63, 3.8) is 0 Å². The molecule has 0 atom stereocenters. The summed E-state index contributed by atoms with van der Waals surface area (Å²) in [4.78, 5) is 0. The number of hydrogen-bond donors (Lipinski definition) is 0. The highest BCUT2D eigenvalue weighted by Gasteiger charge is 2.12. The van der Waals surface area contributed by atoms with Crippen LogP contribution in [0.15, 0.2) is 54.6 Å². The molecular weight excluding hydrogens is 312 g/mol. The Bertz CT molecular complexity index is 1130. The number of aryl methyl sites for hydroxylation is 3. The predicted molar refractivity (Wildman–Crippen MR) is 118 cm³/mol. The minimum atomic E-state index is 1.31. The molecule has 0 heteroatoms. The molecule has 0 unspecified atom stereocenters. The SMILES string of the molecule is C/C=c1/ccc2ccc(-c3ccc(C)cc3C)c3ccc(C)c1c23.CC. The third-order valence-corrected chi connectivity index (χ3v) is 5.14. The molecule has 0 spiro atoms. The lowest BCUT2D eigenvalue weighted by Crippen LogP contribution is -2.03. The molecule has 0 amide bonds. The zero-order chi connectivity index (χ0) is 18.8. The molecule has 0 fully saturated rings. The zero-order valence-corrected chi connectivity index (χ0v) is 16.8. The smallest absolute Gasteiger partial charge is 0.00240 e. The van der Waals surface area contributed by atoms with E-state index in [-0.39, 0.29) is 0 Å². The quantitative estimate of drug-likeness (QED) is 0.346. The van der Waals surface area contributed by atoms with Gasteiger partial charge in [0, 0.05) is 0 Å². The van der Waals surface area contributed by atoms with Crippen LogP contribution in [-0.2, 0) is 0 Å². The van der Waals surface area contributed by atoms with Crippen molar-refractivity contribution in [2.75, 3.05) is 0 Å². The molecule has 0 N–H and O–H groups in total. The van der Waals surface area contributed by atoms with Gasteiger partial charge in [0.25, 0.3) is 0 Å². The third-order valence-electron chi connectivity index (χ3n) is 5.14. The highest BCUT2D eigenvalue weighted by molar-refractivity contribution is 6.16. The van der Waals surface area contributed by atoms with Crippen molar-refractivity contribution in [1.29, 1.82) is 0 Å². The third kappa shape index (κ3) is 2.90. The summed E-state index contributed by atoms with van der Waals surface area (Å²) in [6.07, 6.45) is 2.21. The molecule has 4 aromatic rings. The summed E-state index contributed by atoms with van der Waals surface area (Å²) in [5.41, 5.74) is 6.66. The van der Waals surface area contributed by atoms with Gasteiger partial charge < -0.3 is 0 Å². The van der Waals surface area contributed by atoms with Gasteiger partial charge in [0.05, 0.1) is 0 Å². The number of hydrogen-bond acceptors (Lipinski definition) is 0. The summed E-state index contributed by atoms with van der Waals surface area (Å²) in [5.74, 6) is 0. The van der Waals surface area contributed by atoms with E-state index in [1.807, 2.05) is 13.8 Å². The molecule has 0 aromatic heterocycles. The Labute approximate surface area is 157 Å². The first-order valence-electron chi connectivity index (χ1n) is 9.59. The fourth-order valence-corrected chi connectivity index (χ4v) is 3.94. The van der Waals surface area contributed by atoms with Crippen LogP contribution in [0.5, 0.6) is 0 Å². The molecule has 0 bridgehead atoms. The molecule has 0 aliphatic carbocycles. The maximum Gasteiger partial charge on any atom is -0.00240 e. The second kappa shape index (κ2) is 7.33. The Morgan fingerprint density at radius 2 is 1.35 bits per heavy atom. The maximum absolute atomic E-state index is 2.29. The van der Waals surface area contributed by atoms with Crippen LogP contribution in [-0.4, -0.2) is 0 Å². The van der Waals surface area contributed by atoms with Crippen molar-refractivity contribution >= 4 is 27.6 Å². The van der Waals surface area contributed by atoms with Gasteiger partial charge in [-0.05, 0) is 76.7 Å². The van der Waals surface area contributed by atoms with E-state index >= 15 is 0 Å². The van der Waals surface area contributed by atoms with Crippen LogP contribution in [0.4, 0.5) is 0 Å². The van der Waals surface area contributed by atoms with Crippen LogP contribution in [0.25, 0.3) is 38.7 Å². The first-order valence-corrected chi connectivity index (χ1v) is 9.59. The molecule has 0 saturated carbocycles. The van der Waals surface area contributed by atoms with Crippen molar-refractivity contribution < 1.29 is 0 Å². The van der Waals surface area contributed by atoms with Crippen molar-refractivity contribution in [1.82, 2.24) is 0 Å². The standard InChI is InChI=1S/C24H22.C2H6/c1-5-18-8-9-19-10-13-21(20-11-6-15(2)14-17(20)4)22-12-7-16(3)23(18)24(19)22;1-2/h5-14H,1-4H3;1-2H3/b18-5-;. The first kappa shape index (κ1) is 18.2. The summed E-state index contributed by atoms with van der Waals surface area (Å²) >= 11 is 0. The Morgan fingerprint density at radius 3 is 2.04 bits per heavy atom. The van der Waals surface area contributed by atoms with E-state index in [0.717, 1.165) is 0 Å². The lowest BCUT2D eigenvalue weighted by Gasteiger charge is -2.15. The van der Waals surface area contributed by atoms with E-state index in [9.17, 15) is 0 Å². The number of rotatable bonds is 1. The van der Waals surface area contributed by atoms with Crippen LogP contribution in [0.3, 0.4) is 0 Å². The van der Waals surface area contributed by atoms with Crippen LogP contribution < -0.4 is 5.22 Å². The lowest BCUT2D eigenvalue weighted by molar-refractivity contribution is 1.39. The molecule has 0 radical (unpaired) electrons. The molecule has 4 aromatic carbocycles. The average Bonchev–Trinajstić information content (AvgIpc) is 2.66. The molecule has 0 aliphatic rings. The summed E-state index contributed by atoms with van der Waals surface area (Å²) in [5, 5.41) is 6.78. The van der Waals surface area contributed by atoms with E-state index in [1.54, 1.807) is 0 Å². The Morgan fingerprint density at radius 1 is 0.654 bits per heavy atom. The molecule has 26 heavy (non-hydrogen) atoms. The van der Waals surface area contributed by atoms with Gasteiger partial charge in [0.15, 0.2) is 0 Å². The Balaban J connectivity index is 0.000000948. The van der Waals surface area contributed by atoms with Crippen molar-refractivity contribution in [2.24, 2.45) is 0 Å². The first-order chi connectivity index (χ1) is 12.6. The van der Waals surface area contributed by atoms with Gasteiger partial charge in [-0.2, -0.15) is 0 Å². The summed E-state index contributed by atoms with van der Waals surface area (Å²) < 4.78 is 0. The van der Waals surface area contributed by atoms with Gasteiger partial charge in [-0.3, -0.25) is 0 Å². The molecule has 0 heterocycles. The highest BCUT2D eigenvalue weighted by Crippen LogP contribution is 2.36. The fraction of sp³-hybridized carbons (Fsp3) is 0.231. The normalized spacial score (nSPS) is 11.7. The van der Waals surface area contributed by atoms with Crippen molar-refractivity contribution in [2.45, 2.75) is 41.5 Å². The summed E-state index contributed by atoms with van der Waals surface area (Å²) in [7, 11) is 0. The molecule has 0 aliphatic heterocycles. The minimum absolute atomic E-state index is 1.31. The Kier molecular flexibility index (Phi) is 5.13. The van der Waals surface area contributed by atoms with E-state index in [0.29, 0.717) is 0 Å². The molecule has 0 nitrogen and oxygen atoms in total. The maximum atomic E-state index is 2.29. The highest BCUT2D eigenvalue weighted by atomic mass is 14.2. The topological polar surface area (TPSA) is 0 Å². The second-order valence-electron chi connectivity index (χ2n) is 6.78. The molecule has 4 rings (SSSR count). The van der Waals surface area contributed by atoms with E-state index in [1.165, 1.54) is 54.6 Å². The summed E-state index contributed by atoms with van der Waals surface area (Å²) in [6.45, 7) is 12.7. The van der Waals surface area contributed by atoms with E-state index in [4.69, 9.17) is 0 Å². The Hall–Kier alpha value is -2.60. The van der Waals surface area contributed by atoms with Gasteiger partial charge in [0.2, 0.25) is 0 Å².